The van der Waals surface area contributed by atoms with Crippen molar-refractivity contribution in [2.75, 3.05) is 0 Å². The molecule has 0 radical (unpaired) electrons. The van der Waals surface area contributed by atoms with Gasteiger partial charge in [-0.05, 0) is 13.8 Å². The maximum absolute atomic E-state index is 11.8. The van der Waals surface area contributed by atoms with Crippen molar-refractivity contribution in [1.82, 2.24) is 0 Å². The molecule has 0 aliphatic heterocycles. The first-order valence-corrected chi connectivity index (χ1v) is 4.61. The molecule has 0 fully saturated rings. The van der Waals surface area contributed by atoms with E-state index in [1.165, 1.54) is 0 Å². The zero-order valence-electron chi connectivity index (χ0n) is 8.74. The van der Waals surface area contributed by atoms with Crippen LogP contribution in [0.2, 0.25) is 0 Å². The van der Waals surface area contributed by atoms with Crippen LogP contribution in [0.15, 0.2) is 15.3 Å². The second kappa shape index (κ2) is 3.16. The average Bonchev–Trinajstić information content (AvgIpc) is 2.22. The first kappa shape index (κ1) is 10.4. The highest BCUT2D eigenvalue weighted by Crippen LogP contribution is 2.38. The van der Waals surface area contributed by atoms with Crippen LogP contribution in [-0.2, 0) is 0 Å². The van der Waals surface area contributed by atoms with Gasteiger partial charge in [-0.15, -0.1) is 0 Å². The summed E-state index contributed by atoms with van der Waals surface area (Å²) in [5.41, 5.74) is -0.273. The number of hydrogen-bond acceptors (Lipinski definition) is 5. The van der Waals surface area contributed by atoms with Crippen LogP contribution < -0.4 is 5.43 Å². The van der Waals surface area contributed by atoms with Gasteiger partial charge in [0.2, 0.25) is 5.75 Å². The Balaban J connectivity index is 3.13. The number of hydrogen-bond donors (Lipinski definition) is 3. The maximum Gasteiger partial charge on any atom is 0.202 e. The summed E-state index contributed by atoms with van der Waals surface area (Å²) in [6.45, 7) is 3.13. The molecular formula is C11H10O5. The zero-order chi connectivity index (χ0) is 12.0. The van der Waals surface area contributed by atoms with E-state index in [0.29, 0.717) is 11.3 Å². The van der Waals surface area contributed by atoms with Crippen molar-refractivity contribution >= 4 is 11.0 Å². The summed E-state index contributed by atoms with van der Waals surface area (Å²) in [6, 6.07) is 0.906. The highest BCUT2D eigenvalue weighted by atomic mass is 16.4. The molecule has 5 heteroatoms. The van der Waals surface area contributed by atoms with Gasteiger partial charge in [0.05, 0.1) is 0 Å². The van der Waals surface area contributed by atoms with Gasteiger partial charge in [0.1, 0.15) is 16.9 Å². The van der Waals surface area contributed by atoms with Crippen LogP contribution >= 0.6 is 0 Å². The molecule has 0 amide bonds. The fourth-order valence-corrected chi connectivity index (χ4v) is 1.52. The lowest BCUT2D eigenvalue weighted by Gasteiger charge is -2.07. The second-order valence-corrected chi connectivity index (χ2v) is 3.58. The molecule has 2 rings (SSSR count). The highest BCUT2D eigenvalue weighted by Gasteiger charge is 2.18. The molecule has 0 aliphatic rings. The lowest BCUT2D eigenvalue weighted by atomic mass is 10.1. The summed E-state index contributed by atoms with van der Waals surface area (Å²) in [7, 11) is 0. The average molecular weight is 222 g/mol. The Bertz CT molecular complexity index is 639. The first-order valence-electron chi connectivity index (χ1n) is 4.61. The molecular weight excluding hydrogens is 212 g/mol. The number of benzene rings is 1. The summed E-state index contributed by atoms with van der Waals surface area (Å²) in [4.78, 5) is 11.8. The van der Waals surface area contributed by atoms with Crippen molar-refractivity contribution in [2.24, 2.45) is 0 Å². The van der Waals surface area contributed by atoms with Gasteiger partial charge in [-0.1, -0.05) is 0 Å². The Hall–Kier alpha value is -2.17. The van der Waals surface area contributed by atoms with E-state index in [1.54, 1.807) is 13.8 Å². The van der Waals surface area contributed by atoms with E-state index >= 15 is 0 Å². The van der Waals surface area contributed by atoms with E-state index in [0.717, 1.165) is 6.07 Å². The van der Waals surface area contributed by atoms with Crippen LogP contribution in [0, 0.1) is 13.8 Å². The third-order valence-corrected chi connectivity index (χ3v) is 2.57. The molecule has 1 aromatic carbocycles. The lowest BCUT2D eigenvalue weighted by molar-refractivity contribution is 0.391. The Morgan fingerprint density at radius 2 is 1.75 bits per heavy atom. The van der Waals surface area contributed by atoms with E-state index in [1.807, 2.05) is 0 Å². The van der Waals surface area contributed by atoms with Gasteiger partial charge in [-0.25, -0.2) is 0 Å². The van der Waals surface area contributed by atoms with Gasteiger partial charge in [-0.2, -0.15) is 0 Å². The van der Waals surface area contributed by atoms with Gasteiger partial charge >= 0.3 is 0 Å². The van der Waals surface area contributed by atoms with Gasteiger partial charge in [-0.3, -0.25) is 4.79 Å². The predicted molar refractivity (Wildman–Crippen MR) is 57.0 cm³/mol. The Morgan fingerprint density at radius 3 is 2.38 bits per heavy atom. The molecule has 0 saturated carbocycles. The Morgan fingerprint density at radius 1 is 1.12 bits per heavy atom. The van der Waals surface area contributed by atoms with E-state index in [9.17, 15) is 20.1 Å². The van der Waals surface area contributed by atoms with Gasteiger partial charge in [0.15, 0.2) is 16.8 Å². The maximum atomic E-state index is 11.8. The smallest absolute Gasteiger partial charge is 0.202 e. The minimum Gasteiger partial charge on any atom is -0.507 e. The molecule has 0 aliphatic carbocycles. The normalized spacial score (nSPS) is 10.9. The topological polar surface area (TPSA) is 90.9 Å². The molecule has 0 atom stereocenters. The number of rotatable bonds is 0. The van der Waals surface area contributed by atoms with Crippen molar-refractivity contribution in [3.05, 3.63) is 27.6 Å². The van der Waals surface area contributed by atoms with Crippen molar-refractivity contribution in [3.8, 4) is 17.2 Å². The third kappa shape index (κ3) is 1.21. The highest BCUT2D eigenvalue weighted by molar-refractivity contribution is 5.90. The van der Waals surface area contributed by atoms with Gasteiger partial charge < -0.3 is 19.7 Å². The number of phenolic OH excluding ortho intramolecular Hbond substituents is 3. The molecule has 1 heterocycles. The predicted octanol–water partition coefficient (Wildman–Crippen LogP) is 1.53. The van der Waals surface area contributed by atoms with Crippen molar-refractivity contribution in [2.45, 2.75) is 13.8 Å². The molecule has 16 heavy (non-hydrogen) atoms. The van der Waals surface area contributed by atoms with E-state index < -0.39 is 22.7 Å². The minimum absolute atomic E-state index is 0.126. The standard InChI is InChI=1S/C11H10O5/c1-4-5(2)16-11-8(9(4)14)6(12)3-7(13)10(11)15/h3,12-13,15H,1-2H3. The summed E-state index contributed by atoms with van der Waals surface area (Å²) < 4.78 is 5.20. The number of aromatic hydroxyl groups is 3. The SMILES string of the molecule is Cc1oc2c(O)c(O)cc(O)c2c(=O)c1C. The molecule has 84 valence electrons. The van der Waals surface area contributed by atoms with E-state index in [2.05, 4.69) is 0 Å². The van der Waals surface area contributed by atoms with Crippen LogP contribution in [0.4, 0.5) is 0 Å². The van der Waals surface area contributed by atoms with Crippen LogP contribution in [0.1, 0.15) is 11.3 Å². The monoisotopic (exact) mass is 222 g/mol. The van der Waals surface area contributed by atoms with Crippen LogP contribution in [0.3, 0.4) is 0 Å². The van der Waals surface area contributed by atoms with Crippen LogP contribution in [0.25, 0.3) is 11.0 Å². The molecule has 3 N–H and O–H groups in total. The molecule has 1 aromatic heterocycles. The fourth-order valence-electron chi connectivity index (χ4n) is 1.52. The summed E-state index contributed by atoms with van der Waals surface area (Å²) >= 11 is 0. The van der Waals surface area contributed by atoms with Crippen molar-refractivity contribution < 1.29 is 19.7 Å². The largest absolute Gasteiger partial charge is 0.507 e. The lowest BCUT2D eigenvalue weighted by Crippen LogP contribution is -2.07. The Kier molecular flexibility index (Phi) is 2.05. The number of aryl methyl sites for hydroxylation is 1. The van der Waals surface area contributed by atoms with E-state index in [-0.39, 0.29) is 11.0 Å². The molecule has 5 nitrogen and oxygen atoms in total. The molecule has 0 spiro atoms. The second-order valence-electron chi connectivity index (χ2n) is 3.58. The molecule has 0 saturated heterocycles. The zero-order valence-corrected chi connectivity index (χ0v) is 8.74. The summed E-state index contributed by atoms with van der Waals surface area (Å²) in [6.07, 6.45) is 0. The summed E-state index contributed by atoms with van der Waals surface area (Å²) in [5, 5.41) is 28.2. The number of phenols is 3. The summed E-state index contributed by atoms with van der Waals surface area (Å²) in [5.74, 6) is -1.16. The van der Waals surface area contributed by atoms with Crippen LogP contribution in [0.5, 0.6) is 17.2 Å². The van der Waals surface area contributed by atoms with Crippen LogP contribution in [-0.4, -0.2) is 15.3 Å². The Labute approximate surface area is 90.2 Å². The van der Waals surface area contributed by atoms with Crippen molar-refractivity contribution in [1.29, 1.82) is 0 Å². The van der Waals surface area contributed by atoms with Gasteiger partial charge in [0, 0.05) is 11.6 Å². The van der Waals surface area contributed by atoms with Crippen molar-refractivity contribution in [3.63, 3.8) is 0 Å². The van der Waals surface area contributed by atoms with Gasteiger partial charge in [0.25, 0.3) is 0 Å². The minimum atomic E-state index is -0.548. The quantitative estimate of drug-likeness (QED) is 0.464. The molecule has 0 unspecified atom stereocenters. The molecule has 0 bridgehead atoms. The molecule has 2 aromatic rings. The fraction of sp³-hybridized carbons (Fsp3) is 0.182. The van der Waals surface area contributed by atoms with E-state index in [4.69, 9.17) is 4.42 Å². The first-order chi connectivity index (χ1) is 7.43. The number of fused-ring (bicyclic) bond motifs is 1. The third-order valence-electron chi connectivity index (χ3n) is 2.57.